The van der Waals surface area contributed by atoms with Crippen molar-refractivity contribution in [2.24, 2.45) is 0 Å². The second-order valence-electron chi connectivity index (χ2n) is 2.96. The van der Waals surface area contributed by atoms with Crippen LogP contribution in [0.5, 0.6) is 11.5 Å². The van der Waals surface area contributed by atoms with Gasteiger partial charge in [-0.05, 0) is 12.1 Å². The van der Waals surface area contributed by atoms with E-state index < -0.39 is 0 Å². The van der Waals surface area contributed by atoms with Crippen molar-refractivity contribution in [1.82, 2.24) is 0 Å². The average molecular weight is 190 g/mol. The Balaban J connectivity index is 2.50. The van der Waals surface area contributed by atoms with Crippen molar-refractivity contribution in [2.75, 3.05) is 6.79 Å². The fourth-order valence-corrected chi connectivity index (χ4v) is 1.51. The molecule has 70 valence electrons. The second-order valence-corrected chi connectivity index (χ2v) is 2.96. The van der Waals surface area contributed by atoms with Crippen LogP contribution in [0.25, 0.3) is 11.0 Å². The maximum absolute atomic E-state index is 11.4. The van der Waals surface area contributed by atoms with Gasteiger partial charge in [0.1, 0.15) is 0 Å². The van der Waals surface area contributed by atoms with E-state index in [-0.39, 0.29) is 12.2 Å². The number of fused-ring (bicyclic) bond motifs is 3. The molecule has 0 radical (unpaired) electrons. The molecule has 0 unspecified atom stereocenters. The molecule has 0 fully saturated rings. The Morgan fingerprint density at radius 3 is 3.00 bits per heavy atom. The summed E-state index contributed by atoms with van der Waals surface area (Å²) in [4.78, 5) is 11.4. The molecule has 4 heteroatoms. The van der Waals surface area contributed by atoms with Gasteiger partial charge in [0.05, 0.1) is 11.6 Å². The van der Waals surface area contributed by atoms with Crippen molar-refractivity contribution in [3.8, 4) is 11.5 Å². The van der Waals surface area contributed by atoms with Crippen LogP contribution >= 0.6 is 0 Å². The summed E-state index contributed by atoms with van der Waals surface area (Å²) in [5.74, 6) is 1.13. The zero-order chi connectivity index (χ0) is 9.54. The molecule has 0 atom stereocenters. The van der Waals surface area contributed by atoms with Crippen LogP contribution in [0, 0.1) is 0 Å². The first-order valence-corrected chi connectivity index (χ1v) is 4.16. The molecule has 4 nitrogen and oxygen atoms in total. The molecule has 0 saturated heterocycles. The molecule has 0 amide bonds. The molecule has 2 heterocycles. The molecule has 1 aromatic carbocycles. The van der Waals surface area contributed by atoms with Gasteiger partial charge in [0, 0.05) is 6.07 Å². The zero-order valence-corrected chi connectivity index (χ0v) is 7.15. The van der Waals surface area contributed by atoms with Crippen LogP contribution < -0.4 is 14.9 Å². The highest BCUT2D eigenvalue weighted by atomic mass is 16.7. The van der Waals surface area contributed by atoms with Gasteiger partial charge in [-0.2, -0.15) is 0 Å². The normalized spacial score (nSPS) is 13.4. The smallest absolute Gasteiger partial charge is 0.231 e. The molecule has 0 aliphatic carbocycles. The SMILES string of the molecule is O=c1ccoc2c3c(ccc12)OCO3. The van der Waals surface area contributed by atoms with Gasteiger partial charge in [0.25, 0.3) is 0 Å². The van der Waals surface area contributed by atoms with Crippen LogP contribution in [0.2, 0.25) is 0 Å². The first-order valence-electron chi connectivity index (χ1n) is 4.16. The van der Waals surface area contributed by atoms with Crippen molar-refractivity contribution in [1.29, 1.82) is 0 Å². The lowest BCUT2D eigenvalue weighted by atomic mass is 10.2. The van der Waals surface area contributed by atoms with E-state index in [4.69, 9.17) is 13.9 Å². The van der Waals surface area contributed by atoms with E-state index in [1.165, 1.54) is 12.3 Å². The van der Waals surface area contributed by atoms with E-state index in [0.717, 1.165) is 0 Å². The maximum Gasteiger partial charge on any atom is 0.231 e. The summed E-state index contributed by atoms with van der Waals surface area (Å²) in [7, 11) is 0. The molecule has 0 saturated carbocycles. The summed E-state index contributed by atoms with van der Waals surface area (Å²) in [6.45, 7) is 0.174. The summed E-state index contributed by atoms with van der Waals surface area (Å²) in [6.07, 6.45) is 1.35. The van der Waals surface area contributed by atoms with E-state index in [0.29, 0.717) is 22.5 Å². The van der Waals surface area contributed by atoms with Crippen molar-refractivity contribution in [3.05, 3.63) is 34.7 Å². The summed E-state index contributed by atoms with van der Waals surface area (Å²) in [6, 6.07) is 4.76. The van der Waals surface area contributed by atoms with Gasteiger partial charge < -0.3 is 13.9 Å². The fraction of sp³-hybridized carbons (Fsp3) is 0.100. The molecule has 3 rings (SSSR count). The van der Waals surface area contributed by atoms with Crippen LogP contribution in [0.1, 0.15) is 0 Å². The zero-order valence-electron chi connectivity index (χ0n) is 7.15. The molecule has 1 aliphatic rings. The third kappa shape index (κ3) is 0.849. The van der Waals surface area contributed by atoms with Gasteiger partial charge in [-0.1, -0.05) is 0 Å². The van der Waals surface area contributed by atoms with Gasteiger partial charge >= 0.3 is 0 Å². The molecule has 0 spiro atoms. The van der Waals surface area contributed by atoms with Crippen LogP contribution in [-0.4, -0.2) is 6.79 Å². The number of hydrogen-bond acceptors (Lipinski definition) is 4. The minimum absolute atomic E-state index is 0.0791. The molecule has 1 aliphatic heterocycles. The Hall–Kier alpha value is -1.97. The largest absolute Gasteiger partial charge is 0.460 e. The van der Waals surface area contributed by atoms with Gasteiger partial charge in [-0.15, -0.1) is 0 Å². The van der Waals surface area contributed by atoms with Crippen molar-refractivity contribution in [2.45, 2.75) is 0 Å². The topological polar surface area (TPSA) is 48.7 Å². The monoisotopic (exact) mass is 190 g/mol. The standard InChI is InChI=1S/C10H6O4/c11-7-3-4-12-9-6(7)1-2-8-10(9)14-5-13-8/h1-4H,5H2. The first-order chi connectivity index (χ1) is 6.86. The van der Waals surface area contributed by atoms with E-state index in [1.807, 2.05) is 0 Å². The highest BCUT2D eigenvalue weighted by Crippen LogP contribution is 2.37. The minimum Gasteiger partial charge on any atom is -0.460 e. The van der Waals surface area contributed by atoms with Crippen LogP contribution in [0.3, 0.4) is 0 Å². The van der Waals surface area contributed by atoms with E-state index >= 15 is 0 Å². The summed E-state index contributed by atoms with van der Waals surface area (Å²) in [5.41, 5.74) is 0.372. The molecular weight excluding hydrogens is 184 g/mol. The predicted molar refractivity (Wildman–Crippen MR) is 48.6 cm³/mol. The quantitative estimate of drug-likeness (QED) is 0.632. The molecule has 0 bridgehead atoms. The van der Waals surface area contributed by atoms with Gasteiger partial charge in [-0.25, -0.2) is 0 Å². The average Bonchev–Trinajstić information content (AvgIpc) is 2.66. The molecular formula is C10H6O4. The third-order valence-corrected chi connectivity index (χ3v) is 2.16. The van der Waals surface area contributed by atoms with Crippen LogP contribution in [0.15, 0.2) is 33.7 Å². The summed E-state index contributed by atoms with van der Waals surface area (Å²) in [5, 5.41) is 0.511. The highest BCUT2D eigenvalue weighted by molar-refractivity contribution is 5.85. The highest BCUT2D eigenvalue weighted by Gasteiger charge is 2.18. The van der Waals surface area contributed by atoms with Crippen LogP contribution in [0.4, 0.5) is 0 Å². The van der Waals surface area contributed by atoms with Crippen molar-refractivity contribution in [3.63, 3.8) is 0 Å². The number of benzene rings is 1. The van der Waals surface area contributed by atoms with E-state index in [9.17, 15) is 4.79 Å². The lowest BCUT2D eigenvalue weighted by molar-refractivity contribution is 0.174. The second kappa shape index (κ2) is 2.51. The molecule has 14 heavy (non-hydrogen) atoms. The van der Waals surface area contributed by atoms with Crippen molar-refractivity contribution >= 4 is 11.0 Å². The van der Waals surface area contributed by atoms with Crippen LogP contribution in [-0.2, 0) is 0 Å². The van der Waals surface area contributed by atoms with Crippen molar-refractivity contribution < 1.29 is 13.9 Å². The van der Waals surface area contributed by atoms with Gasteiger partial charge in [-0.3, -0.25) is 4.79 Å². The van der Waals surface area contributed by atoms with E-state index in [2.05, 4.69) is 0 Å². The van der Waals surface area contributed by atoms with E-state index in [1.54, 1.807) is 12.1 Å². The Labute approximate surface area is 78.7 Å². The summed E-state index contributed by atoms with van der Waals surface area (Å²) < 4.78 is 15.6. The fourth-order valence-electron chi connectivity index (χ4n) is 1.51. The molecule has 1 aromatic heterocycles. The Morgan fingerprint density at radius 2 is 2.07 bits per heavy atom. The number of hydrogen-bond donors (Lipinski definition) is 0. The lowest BCUT2D eigenvalue weighted by Crippen LogP contribution is -1.98. The predicted octanol–water partition coefficient (Wildman–Crippen LogP) is 1.52. The lowest BCUT2D eigenvalue weighted by Gasteiger charge is -1.99. The molecule has 2 aromatic rings. The Morgan fingerprint density at radius 1 is 1.14 bits per heavy atom. The Bertz CT molecular complexity index is 556. The summed E-state index contributed by atoms with van der Waals surface area (Å²) >= 11 is 0. The number of rotatable bonds is 0. The molecule has 0 N–H and O–H groups in total. The number of ether oxygens (including phenoxy) is 2. The minimum atomic E-state index is -0.0791. The maximum atomic E-state index is 11.4. The van der Waals surface area contributed by atoms with Gasteiger partial charge in [0.2, 0.25) is 12.5 Å². The third-order valence-electron chi connectivity index (χ3n) is 2.16. The van der Waals surface area contributed by atoms with Gasteiger partial charge in [0.15, 0.2) is 16.8 Å². The Kier molecular flexibility index (Phi) is 1.33. The first kappa shape index (κ1) is 7.44.